The second kappa shape index (κ2) is 5.12. The average Bonchev–Trinajstić information content (AvgIpc) is 2.69. The molecule has 0 fully saturated rings. The number of rotatable bonds is 4. The van der Waals surface area contributed by atoms with Crippen LogP contribution in [0.25, 0.3) is 10.3 Å². The molecule has 92 valence electrons. The molecular weight excluding hydrogens is 260 g/mol. The van der Waals surface area contributed by atoms with Crippen LogP contribution in [0.5, 0.6) is 0 Å². The van der Waals surface area contributed by atoms with Gasteiger partial charge in [-0.2, -0.15) is 0 Å². The van der Waals surface area contributed by atoms with Crippen LogP contribution in [-0.2, 0) is 0 Å². The van der Waals surface area contributed by atoms with E-state index in [1.54, 1.807) is 0 Å². The largest absolute Gasteiger partial charge is 0.395 e. The summed E-state index contributed by atoms with van der Waals surface area (Å²) >= 11 is 7.28. The summed E-state index contributed by atoms with van der Waals surface area (Å²) in [5.41, 5.74) is 1.56. The number of thiazole rings is 1. The number of aromatic nitrogens is 3. The van der Waals surface area contributed by atoms with Gasteiger partial charge in [-0.1, -0.05) is 11.3 Å². The molecule has 0 aliphatic rings. The zero-order chi connectivity index (χ0) is 12.4. The van der Waals surface area contributed by atoms with Crippen molar-refractivity contribution in [1.82, 2.24) is 15.0 Å². The van der Waals surface area contributed by atoms with Crippen LogP contribution in [0, 0.1) is 6.92 Å². The zero-order valence-corrected chi connectivity index (χ0v) is 11.2. The highest BCUT2D eigenvalue weighted by Crippen LogP contribution is 2.29. The molecule has 2 rings (SSSR count). The fourth-order valence-electron chi connectivity index (χ4n) is 1.56. The number of aliphatic hydroxyl groups excluding tert-OH is 1. The fourth-order valence-corrected chi connectivity index (χ4v) is 2.90. The number of hydrogen-bond acceptors (Lipinski definition) is 6. The third kappa shape index (κ3) is 2.48. The summed E-state index contributed by atoms with van der Waals surface area (Å²) in [6, 6.07) is 0. The first-order chi connectivity index (χ1) is 8.15. The number of halogens is 1. The van der Waals surface area contributed by atoms with Crippen LogP contribution in [0.1, 0.15) is 12.6 Å². The molecule has 7 heteroatoms. The summed E-state index contributed by atoms with van der Waals surface area (Å²) in [6.45, 7) is 5.35. The minimum absolute atomic E-state index is 0.106. The molecule has 17 heavy (non-hydrogen) atoms. The lowest BCUT2D eigenvalue weighted by molar-refractivity contribution is 0.302. The van der Waals surface area contributed by atoms with Gasteiger partial charge in [0.05, 0.1) is 12.3 Å². The van der Waals surface area contributed by atoms with Gasteiger partial charge in [0.25, 0.3) is 0 Å². The van der Waals surface area contributed by atoms with Crippen molar-refractivity contribution >= 4 is 38.4 Å². The van der Waals surface area contributed by atoms with Crippen molar-refractivity contribution < 1.29 is 5.11 Å². The van der Waals surface area contributed by atoms with Gasteiger partial charge in [0, 0.05) is 13.1 Å². The number of aliphatic hydroxyl groups is 1. The third-order valence-corrected chi connectivity index (χ3v) is 3.60. The van der Waals surface area contributed by atoms with Crippen molar-refractivity contribution in [1.29, 1.82) is 0 Å². The minimum Gasteiger partial charge on any atom is -0.395 e. The predicted molar refractivity (Wildman–Crippen MR) is 69.9 cm³/mol. The van der Waals surface area contributed by atoms with Gasteiger partial charge in [0.2, 0.25) is 5.28 Å². The molecule has 0 radical (unpaired) electrons. The summed E-state index contributed by atoms with van der Waals surface area (Å²) in [6.07, 6.45) is 0. The van der Waals surface area contributed by atoms with Crippen molar-refractivity contribution in [2.45, 2.75) is 13.8 Å². The van der Waals surface area contributed by atoms with Crippen molar-refractivity contribution in [3.63, 3.8) is 0 Å². The number of nitrogens with zero attached hydrogens (tertiary/aromatic N) is 4. The van der Waals surface area contributed by atoms with E-state index in [9.17, 15) is 0 Å². The van der Waals surface area contributed by atoms with Crippen molar-refractivity contribution in [3.05, 3.63) is 11.0 Å². The third-order valence-electron chi connectivity index (χ3n) is 2.42. The van der Waals surface area contributed by atoms with E-state index in [0.717, 1.165) is 27.7 Å². The molecule has 0 saturated heterocycles. The highest BCUT2D eigenvalue weighted by Gasteiger charge is 2.13. The molecule has 2 heterocycles. The van der Waals surface area contributed by atoms with Crippen molar-refractivity contribution in [3.8, 4) is 0 Å². The van der Waals surface area contributed by atoms with Crippen LogP contribution in [0.2, 0.25) is 5.28 Å². The van der Waals surface area contributed by atoms with Crippen LogP contribution >= 0.6 is 22.9 Å². The van der Waals surface area contributed by atoms with Crippen LogP contribution in [0.15, 0.2) is 0 Å². The first-order valence-corrected chi connectivity index (χ1v) is 6.51. The van der Waals surface area contributed by atoms with Gasteiger partial charge in [-0.15, -0.1) is 0 Å². The molecule has 2 aromatic rings. The Kier molecular flexibility index (Phi) is 3.76. The summed E-state index contributed by atoms with van der Waals surface area (Å²) in [5, 5.41) is 10.1. The maximum absolute atomic E-state index is 8.99. The number of hydrogen-bond donors (Lipinski definition) is 1. The average molecular weight is 273 g/mol. The quantitative estimate of drug-likeness (QED) is 0.861. The molecule has 0 spiro atoms. The van der Waals surface area contributed by atoms with Gasteiger partial charge in [-0.25, -0.2) is 15.0 Å². The lowest BCUT2D eigenvalue weighted by atomic mass is 10.4. The van der Waals surface area contributed by atoms with E-state index in [2.05, 4.69) is 15.0 Å². The summed E-state index contributed by atoms with van der Waals surface area (Å²) in [4.78, 5) is 15.5. The van der Waals surface area contributed by atoms with Crippen molar-refractivity contribution in [2.24, 2.45) is 0 Å². The Morgan fingerprint density at radius 2 is 2.12 bits per heavy atom. The van der Waals surface area contributed by atoms with Gasteiger partial charge in [-0.05, 0) is 25.4 Å². The summed E-state index contributed by atoms with van der Waals surface area (Å²) < 4.78 is 0. The summed E-state index contributed by atoms with van der Waals surface area (Å²) in [5.74, 6) is 0. The number of aryl methyl sites for hydroxylation is 1. The Hall–Kier alpha value is -0.980. The first-order valence-electron chi connectivity index (χ1n) is 5.32. The molecule has 0 aliphatic carbocycles. The maximum atomic E-state index is 8.99. The predicted octanol–water partition coefficient (Wildman–Crippen LogP) is 1.87. The minimum atomic E-state index is 0.106. The molecule has 0 aromatic carbocycles. The van der Waals surface area contributed by atoms with E-state index in [0.29, 0.717) is 6.54 Å². The van der Waals surface area contributed by atoms with Crippen molar-refractivity contribution in [2.75, 3.05) is 24.6 Å². The SMILES string of the molecule is CCN(CCO)c1nc2c(C)nc(Cl)nc2s1. The van der Waals surface area contributed by atoms with Crippen LogP contribution in [0.3, 0.4) is 0 Å². The van der Waals surface area contributed by atoms with Crippen LogP contribution < -0.4 is 4.90 Å². The van der Waals surface area contributed by atoms with Gasteiger partial charge in [0.1, 0.15) is 5.52 Å². The topological polar surface area (TPSA) is 62.1 Å². The molecule has 5 nitrogen and oxygen atoms in total. The Morgan fingerprint density at radius 1 is 1.35 bits per heavy atom. The van der Waals surface area contributed by atoms with E-state index in [1.807, 2.05) is 18.7 Å². The molecule has 0 aliphatic heterocycles. The van der Waals surface area contributed by atoms with Gasteiger partial charge < -0.3 is 10.0 Å². The van der Waals surface area contributed by atoms with Crippen LogP contribution in [0.4, 0.5) is 5.13 Å². The van der Waals surface area contributed by atoms with E-state index < -0.39 is 0 Å². The highest BCUT2D eigenvalue weighted by molar-refractivity contribution is 7.21. The number of fused-ring (bicyclic) bond motifs is 1. The maximum Gasteiger partial charge on any atom is 0.224 e. The Morgan fingerprint density at radius 3 is 2.76 bits per heavy atom. The molecule has 2 aromatic heterocycles. The van der Waals surface area contributed by atoms with Gasteiger partial charge >= 0.3 is 0 Å². The van der Waals surface area contributed by atoms with E-state index >= 15 is 0 Å². The molecule has 0 atom stereocenters. The van der Waals surface area contributed by atoms with E-state index in [-0.39, 0.29) is 11.9 Å². The Balaban J connectivity index is 2.46. The fraction of sp³-hybridized carbons (Fsp3) is 0.500. The highest BCUT2D eigenvalue weighted by atomic mass is 35.5. The normalized spacial score (nSPS) is 11.1. The Labute approximate surface area is 108 Å². The van der Waals surface area contributed by atoms with E-state index in [4.69, 9.17) is 16.7 Å². The summed E-state index contributed by atoms with van der Waals surface area (Å²) in [7, 11) is 0. The first kappa shape index (κ1) is 12.5. The van der Waals surface area contributed by atoms with E-state index in [1.165, 1.54) is 11.3 Å². The second-order valence-corrected chi connectivity index (χ2v) is 4.83. The molecular formula is C10H13ClN4OS. The number of anilines is 1. The molecule has 0 amide bonds. The molecule has 0 saturated carbocycles. The molecule has 0 unspecified atom stereocenters. The zero-order valence-electron chi connectivity index (χ0n) is 9.64. The Bertz CT molecular complexity index is 530. The van der Waals surface area contributed by atoms with Crippen LogP contribution in [-0.4, -0.2) is 39.8 Å². The lowest BCUT2D eigenvalue weighted by Crippen LogP contribution is -2.25. The molecule has 0 bridgehead atoms. The smallest absolute Gasteiger partial charge is 0.224 e. The lowest BCUT2D eigenvalue weighted by Gasteiger charge is -2.17. The number of likely N-dealkylation sites (N-methyl/N-ethyl adjacent to an activating group) is 1. The monoisotopic (exact) mass is 272 g/mol. The van der Waals surface area contributed by atoms with Gasteiger partial charge in [0.15, 0.2) is 9.96 Å². The molecule has 1 N–H and O–H groups in total. The second-order valence-electron chi connectivity index (χ2n) is 3.53. The van der Waals surface area contributed by atoms with Gasteiger partial charge in [-0.3, -0.25) is 0 Å². The standard InChI is InChI=1S/C10H13ClN4OS/c1-3-15(4-5-16)10-13-7-6(2)12-9(11)14-8(7)17-10/h16H,3-5H2,1-2H3.